The summed E-state index contributed by atoms with van der Waals surface area (Å²) < 4.78 is 12.8. The van der Waals surface area contributed by atoms with Crippen molar-refractivity contribution < 1.29 is 24.2 Å². The number of hydrogen-bond acceptors (Lipinski definition) is 7. The smallest absolute Gasteiger partial charge is 0.301 e. The summed E-state index contributed by atoms with van der Waals surface area (Å²) in [6.45, 7) is 2.60. The molecule has 0 radical (unpaired) electrons. The summed E-state index contributed by atoms with van der Waals surface area (Å²) in [5.74, 6) is -0.402. The highest BCUT2D eigenvalue weighted by Crippen LogP contribution is 2.44. The molecule has 4 aromatic rings. The largest absolute Gasteiger partial charge is 0.507 e. The SMILES string of the molecule is CCCOc1ccc(C(O)=C2C(=O)C(=O)N(c3nc4ccc(OC)cc4s3)C2c2ccc(I)cc2)cc1. The molecular formula is C28H23IN2O5S. The van der Waals surface area contributed by atoms with Crippen LogP contribution in [0.1, 0.15) is 30.5 Å². The number of nitrogens with zero attached hydrogens (tertiary/aromatic N) is 2. The predicted molar refractivity (Wildman–Crippen MR) is 152 cm³/mol. The van der Waals surface area contributed by atoms with Gasteiger partial charge in [0.1, 0.15) is 17.3 Å². The zero-order chi connectivity index (χ0) is 26.1. The fourth-order valence-corrected chi connectivity index (χ4v) is 5.58. The van der Waals surface area contributed by atoms with Gasteiger partial charge in [0.15, 0.2) is 5.13 Å². The zero-order valence-electron chi connectivity index (χ0n) is 20.1. The van der Waals surface area contributed by atoms with Crippen LogP contribution in [-0.4, -0.2) is 35.5 Å². The molecule has 1 atom stereocenters. The van der Waals surface area contributed by atoms with E-state index >= 15 is 0 Å². The summed E-state index contributed by atoms with van der Waals surface area (Å²) in [7, 11) is 1.58. The first-order valence-electron chi connectivity index (χ1n) is 11.7. The van der Waals surface area contributed by atoms with E-state index in [4.69, 9.17) is 9.47 Å². The molecule has 37 heavy (non-hydrogen) atoms. The maximum Gasteiger partial charge on any atom is 0.301 e. The lowest BCUT2D eigenvalue weighted by Crippen LogP contribution is -2.29. The fourth-order valence-electron chi connectivity index (χ4n) is 4.20. The number of Topliss-reactive ketones (excluding diaryl/α,β-unsaturated/α-hetero) is 1. The van der Waals surface area contributed by atoms with E-state index in [1.165, 1.54) is 16.2 Å². The second-order valence-corrected chi connectivity index (χ2v) is 10.7. The Morgan fingerprint density at radius 1 is 1.05 bits per heavy atom. The predicted octanol–water partition coefficient (Wildman–Crippen LogP) is 6.32. The number of carbonyl (C=O) groups is 2. The second-order valence-electron chi connectivity index (χ2n) is 8.42. The third kappa shape index (κ3) is 4.80. The first kappa shape index (κ1) is 25.2. The van der Waals surface area contributed by atoms with E-state index in [1.54, 1.807) is 37.4 Å². The van der Waals surface area contributed by atoms with E-state index in [2.05, 4.69) is 27.6 Å². The number of aliphatic hydroxyl groups excluding tert-OH is 1. The van der Waals surface area contributed by atoms with Gasteiger partial charge in [-0.05, 0) is 89.2 Å². The Balaban J connectivity index is 1.64. The molecule has 0 aliphatic carbocycles. The van der Waals surface area contributed by atoms with E-state index in [-0.39, 0.29) is 11.3 Å². The number of hydrogen-bond donors (Lipinski definition) is 1. The third-order valence-corrected chi connectivity index (χ3v) is 7.76. The molecule has 0 bridgehead atoms. The molecule has 1 saturated heterocycles. The lowest BCUT2D eigenvalue weighted by atomic mass is 9.95. The van der Waals surface area contributed by atoms with E-state index in [0.29, 0.717) is 39.9 Å². The summed E-state index contributed by atoms with van der Waals surface area (Å²) in [6, 6.07) is 19.0. The minimum absolute atomic E-state index is 0.0188. The monoisotopic (exact) mass is 626 g/mol. The Kier molecular flexibility index (Phi) is 7.16. The Hall–Kier alpha value is -3.44. The Bertz CT molecular complexity index is 1510. The molecule has 0 saturated carbocycles. The number of ketones is 1. The molecule has 1 aliphatic rings. The molecule has 0 spiro atoms. The van der Waals surface area contributed by atoms with Gasteiger partial charge in [-0.15, -0.1) is 0 Å². The van der Waals surface area contributed by atoms with Gasteiger partial charge in [-0.25, -0.2) is 4.98 Å². The highest BCUT2D eigenvalue weighted by atomic mass is 127. The van der Waals surface area contributed by atoms with Crippen LogP contribution in [0.2, 0.25) is 0 Å². The van der Waals surface area contributed by atoms with Gasteiger partial charge in [0.2, 0.25) is 0 Å². The number of amides is 1. The van der Waals surface area contributed by atoms with Crippen molar-refractivity contribution in [3.63, 3.8) is 0 Å². The molecule has 5 rings (SSSR count). The number of thiazole rings is 1. The van der Waals surface area contributed by atoms with Crippen LogP contribution in [0.3, 0.4) is 0 Å². The number of halogens is 1. The lowest BCUT2D eigenvalue weighted by Gasteiger charge is -2.23. The van der Waals surface area contributed by atoms with Crippen molar-refractivity contribution in [2.75, 3.05) is 18.6 Å². The van der Waals surface area contributed by atoms with Crippen LogP contribution in [0.5, 0.6) is 11.5 Å². The standard InChI is InChI=1S/C28H23IN2O5S/c1-3-14-36-19-10-6-17(7-11-19)25(32)23-24(16-4-8-18(29)9-5-16)31(27(34)26(23)33)28-30-21-13-12-20(35-2)15-22(21)37-28/h4-13,15,24,32H,3,14H2,1-2H3. The Morgan fingerprint density at radius 2 is 1.76 bits per heavy atom. The summed E-state index contributed by atoms with van der Waals surface area (Å²) in [5.41, 5.74) is 1.82. The van der Waals surface area contributed by atoms with Gasteiger partial charge < -0.3 is 14.6 Å². The molecule has 1 unspecified atom stereocenters. The molecule has 1 aromatic heterocycles. The normalized spacial score (nSPS) is 16.9. The molecule has 1 N–H and O–H groups in total. The van der Waals surface area contributed by atoms with Gasteiger partial charge in [0.25, 0.3) is 5.78 Å². The van der Waals surface area contributed by atoms with Crippen molar-refractivity contribution >= 4 is 66.7 Å². The minimum atomic E-state index is -0.838. The summed E-state index contributed by atoms with van der Waals surface area (Å²) in [6.07, 6.45) is 0.875. The maximum absolute atomic E-state index is 13.4. The van der Waals surface area contributed by atoms with E-state index in [0.717, 1.165) is 14.7 Å². The van der Waals surface area contributed by atoms with Crippen molar-refractivity contribution in [2.45, 2.75) is 19.4 Å². The van der Waals surface area contributed by atoms with E-state index < -0.39 is 17.7 Å². The highest BCUT2D eigenvalue weighted by Gasteiger charge is 2.48. The van der Waals surface area contributed by atoms with Gasteiger partial charge in [-0.2, -0.15) is 0 Å². The van der Waals surface area contributed by atoms with Crippen LogP contribution in [-0.2, 0) is 9.59 Å². The van der Waals surface area contributed by atoms with E-state index in [9.17, 15) is 14.7 Å². The molecule has 1 fully saturated rings. The van der Waals surface area contributed by atoms with Crippen molar-refractivity contribution in [3.8, 4) is 11.5 Å². The number of aromatic nitrogens is 1. The van der Waals surface area contributed by atoms with Crippen molar-refractivity contribution in [2.24, 2.45) is 0 Å². The van der Waals surface area contributed by atoms with Crippen LogP contribution in [0.15, 0.2) is 72.3 Å². The van der Waals surface area contributed by atoms with Gasteiger partial charge >= 0.3 is 5.91 Å². The number of rotatable bonds is 7. The first-order chi connectivity index (χ1) is 17.9. The number of ether oxygens (including phenoxy) is 2. The quantitative estimate of drug-likeness (QED) is 0.112. The Labute approximate surface area is 231 Å². The number of fused-ring (bicyclic) bond motifs is 1. The fraction of sp³-hybridized carbons (Fsp3) is 0.179. The van der Waals surface area contributed by atoms with Crippen LogP contribution < -0.4 is 14.4 Å². The average molecular weight is 626 g/mol. The topological polar surface area (TPSA) is 89.0 Å². The van der Waals surface area contributed by atoms with Crippen molar-refractivity contribution in [3.05, 3.63) is 87.0 Å². The summed E-state index contributed by atoms with van der Waals surface area (Å²) in [4.78, 5) is 32.9. The molecule has 9 heteroatoms. The van der Waals surface area contributed by atoms with Crippen molar-refractivity contribution in [1.29, 1.82) is 0 Å². The number of aliphatic hydroxyl groups is 1. The third-order valence-electron chi connectivity index (χ3n) is 6.02. The first-order valence-corrected chi connectivity index (χ1v) is 13.5. The summed E-state index contributed by atoms with van der Waals surface area (Å²) in [5, 5.41) is 11.7. The molecular weight excluding hydrogens is 603 g/mol. The van der Waals surface area contributed by atoms with Gasteiger partial charge in [0, 0.05) is 9.13 Å². The van der Waals surface area contributed by atoms with Gasteiger partial charge in [0.05, 0.1) is 35.5 Å². The van der Waals surface area contributed by atoms with Crippen LogP contribution >= 0.6 is 33.9 Å². The van der Waals surface area contributed by atoms with Crippen molar-refractivity contribution in [1.82, 2.24) is 4.98 Å². The van der Waals surface area contributed by atoms with Crippen LogP contribution in [0.25, 0.3) is 16.0 Å². The lowest BCUT2D eigenvalue weighted by molar-refractivity contribution is -0.132. The average Bonchev–Trinajstić information content (AvgIpc) is 3.45. The van der Waals surface area contributed by atoms with Gasteiger partial charge in [-0.1, -0.05) is 30.4 Å². The second kappa shape index (κ2) is 10.5. The number of anilines is 1. The molecule has 2 heterocycles. The molecule has 1 amide bonds. The molecule has 3 aromatic carbocycles. The Morgan fingerprint density at radius 3 is 2.43 bits per heavy atom. The van der Waals surface area contributed by atoms with Crippen LogP contribution in [0, 0.1) is 3.57 Å². The van der Waals surface area contributed by atoms with Gasteiger partial charge in [-0.3, -0.25) is 14.5 Å². The van der Waals surface area contributed by atoms with E-state index in [1.807, 2.05) is 43.3 Å². The minimum Gasteiger partial charge on any atom is -0.507 e. The number of methoxy groups -OCH3 is 1. The molecule has 188 valence electrons. The van der Waals surface area contributed by atoms with Crippen LogP contribution in [0.4, 0.5) is 5.13 Å². The number of benzene rings is 3. The zero-order valence-corrected chi connectivity index (χ0v) is 23.1. The molecule has 1 aliphatic heterocycles. The highest BCUT2D eigenvalue weighted by molar-refractivity contribution is 14.1. The number of carbonyl (C=O) groups excluding carboxylic acids is 2. The molecule has 7 nitrogen and oxygen atoms in total. The summed E-state index contributed by atoms with van der Waals surface area (Å²) >= 11 is 3.49. The maximum atomic E-state index is 13.4.